The van der Waals surface area contributed by atoms with E-state index in [4.69, 9.17) is 9.26 Å². The van der Waals surface area contributed by atoms with Crippen molar-refractivity contribution >= 4 is 0 Å². The Morgan fingerprint density at radius 3 is 2.76 bits per heavy atom. The summed E-state index contributed by atoms with van der Waals surface area (Å²) in [5, 5.41) is 7.45. The number of aromatic nitrogens is 2. The monoisotopic (exact) mass is 289 g/mol. The maximum absolute atomic E-state index is 5.40. The van der Waals surface area contributed by atoms with Crippen LogP contribution in [0.1, 0.15) is 44.0 Å². The first-order chi connectivity index (χ1) is 10.2. The number of rotatable bonds is 7. The Morgan fingerprint density at radius 1 is 1.29 bits per heavy atom. The topological polar surface area (TPSA) is 60.2 Å². The van der Waals surface area contributed by atoms with Crippen molar-refractivity contribution in [3.63, 3.8) is 0 Å². The second kappa shape index (κ2) is 7.22. The maximum Gasteiger partial charge on any atom is 0.231 e. The van der Waals surface area contributed by atoms with Gasteiger partial charge in [-0.1, -0.05) is 37.2 Å². The molecular formula is C16H23N3O2. The molecule has 0 radical (unpaired) electrons. The van der Waals surface area contributed by atoms with Crippen molar-refractivity contribution in [2.24, 2.45) is 0 Å². The predicted octanol–water partition coefficient (Wildman–Crippen LogP) is 2.77. The molecule has 0 bridgehead atoms. The molecule has 1 N–H and O–H groups in total. The third kappa shape index (κ3) is 3.82. The number of likely N-dealkylation sites (N-methyl/N-ethyl adjacent to an activating group) is 1. The summed E-state index contributed by atoms with van der Waals surface area (Å²) in [7, 11) is 1.67. The van der Waals surface area contributed by atoms with Gasteiger partial charge in [-0.05, 0) is 19.5 Å². The molecule has 2 aromatic rings. The summed E-state index contributed by atoms with van der Waals surface area (Å²) in [5.41, 5.74) is 1.06. The second-order valence-electron chi connectivity index (χ2n) is 5.17. The van der Waals surface area contributed by atoms with Crippen molar-refractivity contribution in [1.82, 2.24) is 15.5 Å². The molecule has 1 heterocycles. The van der Waals surface area contributed by atoms with Crippen molar-refractivity contribution in [2.45, 2.75) is 39.2 Å². The molecule has 1 aromatic heterocycles. The summed E-state index contributed by atoms with van der Waals surface area (Å²) in [5.74, 6) is 2.39. The van der Waals surface area contributed by atoms with Gasteiger partial charge in [-0.2, -0.15) is 4.98 Å². The first-order valence-corrected chi connectivity index (χ1v) is 7.33. The first kappa shape index (κ1) is 15.5. The van der Waals surface area contributed by atoms with Crippen molar-refractivity contribution in [3.8, 4) is 5.75 Å². The average Bonchev–Trinajstić information content (AvgIpc) is 2.95. The Bertz CT molecular complexity index is 568. The molecule has 2 unspecified atom stereocenters. The number of hydrogen-bond acceptors (Lipinski definition) is 5. The summed E-state index contributed by atoms with van der Waals surface area (Å²) < 4.78 is 10.7. The number of nitrogens with one attached hydrogen (secondary N) is 1. The fourth-order valence-electron chi connectivity index (χ4n) is 2.26. The molecule has 0 spiro atoms. The van der Waals surface area contributed by atoms with Crippen molar-refractivity contribution in [1.29, 1.82) is 0 Å². The molecule has 0 aliphatic heterocycles. The highest BCUT2D eigenvalue weighted by molar-refractivity contribution is 5.35. The maximum atomic E-state index is 5.40. The lowest BCUT2D eigenvalue weighted by atomic mass is 10.0. The summed E-state index contributed by atoms with van der Waals surface area (Å²) in [6, 6.07) is 8.18. The van der Waals surface area contributed by atoms with E-state index in [1.54, 1.807) is 7.11 Å². The van der Waals surface area contributed by atoms with E-state index >= 15 is 0 Å². The fraction of sp³-hybridized carbons (Fsp3) is 0.500. The van der Waals surface area contributed by atoms with E-state index in [9.17, 15) is 0 Å². The van der Waals surface area contributed by atoms with Gasteiger partial charge in [0.1, 0.15) is 5.75 Å². The summed E-state index contributed by atoms with van der Waals surface area (Å²) in [6.07, 6.45) is 0.607. The quantitative estimate of drug-likeness (QED) is 0.849. The Labute approximate surface area is 125 Å². The molecule has 5 nitrogen and oxygen atoms in total. The van der Waals surface area contributed by atoms with Crippen molar-refractivity contribution in [2.75, 3.05) is 13.7 Å². The molecule has 114 valence electrons. The lowest BCUT2D eigenvalue weighted by Crippen LogP contribution is -2.30. The van der Waals surface area contributed by atoms with Crippen LogP contribution in [-0.2, 0) is 6.42 Å². The zero-order chi connectivity index (χ0) is 15.2. The van der Waals surface area contributed by atoms with E-state index < -0.39 is 0 Å². The zero-order valence-corrected chi connectivity index (χ0v) is 13.1. The van der Waals surface area contributed by atoms with E-state index in [-0.39, 0.29) is 5.92 Å². The normalized spacial score (nSPS) is 13.9. The van der Waals surface area contributed by atoms with Gasteiger partial charge < -0.3 is 14.6 Å². The number of para-hydroxylation sites is 1. The predicted molar refractivity (Wildman–Crippen MR) is 81.7 cm³/mol. The molecule has 21 heavy (non-hydrogen) atoms. The molecule has 5 heteroatoms. The average molecular weight is 289 g/mol. The van der Waals surface area contributed by atoms with Crippen LogP contribution in [-0.4, -0.2) is 29.8 Å². The molecule has 1 aromatic carbocycles. The Hall–Kier alpha value is -1.88. The number of ether oxygens (including phenoxy) is 1. The smallest absolute Gasteiger partial charge is 0.231 e. The zero-order valence-electron chi connectivity index (χ0n) is 13.1. The Morgan fingerprint density at radius 2 is 2.05 bits per heavy atom. The van der Waals surface area contributed by atoms with E-state index in [2.05, 4.69) is 36.2 Å². The molecule has 2 atom stereocenters. The minimum absolute atomic E-state index is 0.184. The summed E-state index contributed by atoms with van der Waals surface area (Å²) in [4.78, 5) is 4.51. The van der Waals surface area contributed by atoms with Crippen LogP contribution in [0.2, 0.25) is 0 Å². The molecule has 0 saturated carbocycles. The highest BCUT2D eigenvalue weighted by Crippen LogP contribution is 2.22. The van der Waals surface area contributed by atoms with Crippen molar-refractivity contribution < 1.29 is 9.26 Å². The third-order valence-electron chi connectivity index (χ3n) is 3.69. The standard InChI is InChI=1S/C16H23N3O2/c1-5-17-12(3)11(2)16-18-15(19-21-16)10-13-8-6-7-9-14(13)20-4/h6-9,11-12,17H,5,10H2,1-4H3. The van der Waals surface area contributed by atoms with Crippen LogP contribution in [0.4, 0.5) is 0 Å². The van der Waals surface area contributed by atoms with Crippen LogP contribution in [0.15, 0.2) is 28.8 Å². The van der Waals surface area contributed by atoms with Gasteiger partial charge in [0.2, 0.25) is 5.89 Å². The van der Waals surface area contributed by atoms with E-state index in [0.29, 0.717) is 24.2 Å². The lowest BCUT2D eigenvalue weighted by Gasteiger charge is -2.16. The molecule has 0 amide bonds. The van der Waals surface area contributed by atoms with Crippen LogP contribution in [0.25, 0.3) is 0 Å². The number of nitrogens with zero attached hydrogens (tertiary/aromatic N) is 2. The van der Waals surface area contributed by atoms with E-state index in [1.807, 2.05) is 24.3 Å². The molecule has 0 saturated heterocycles. The first-order valence-electron chi connectivity index (χ1n) is 7.33. The third-order valence-corrected chi connectivity index (χ3v) is 3.69. The van der Waals surface area contributed by atoms with Gasteiger partial charge in [0.05, 0.1) is 13.0 Å². The Balaban J connectivity index is 2.09. The molecular weight excluding hydrogens is 266 g/mol. The summed E-state index contributed by atoms with van der Waals surface area (Å²) >= 11 is 0. The van der Waals surface area contributed by atoms with Crippen LogP contribution in [0.5, 0.6) is 5.75 Å². The molecule has 2 rings (SSSR count). The number of hydrogen-bond donors (Lipinski definition) is 1. The van der Waals surface area contributed by atoms with Gasteiger partial charge in [-0.3, -0.25) is 0 Å². The Kier molecular flexibility index (Phi) is 5.33. The minimum atomic E-state index is 0.184. The van der Waals surface area contributed by atoms with Gasteiger partial charge >= 0.3 is 0 Å². The van der Waals surface area contributed by atoms with Crippen LogP contribution in [0, 0.1) is 0 Å². The van der Waals surface area contributed by atoms with Gasteiger partial charge in [0, 0.05) is 18.0 Å². The lowest BCUT2D eigenvalue weighted by molar-refractivity contribution is 0.330. The van der Waals surface area contributed by atoms with Crippen molar-refractivity contribution in [3.05, 3.63) is 41.5 Å². The molecule has 0 aliphatic rings. The highest BCUT2D eigenvalue weighted by atomic mass is 16.5. The van der Waals surface area contributed by atoms with E-state index in [1.165, 1.54) is 0 Å². The van der Waals surface area contributed by atoms with Gasteiger partial charge in [0.25, 0.3) is 0 Å². The number of benzene rings is 1. The van der Waals surface area contributed by atoms with E-state index in [0.717, 1.165) is 17.9 Å². The summed E-state index contributed by atoms with van der Waals surface area (Å²) in [6.45, 7) is 7.23. The van der Waals surface area contributed by atoms with Crippen LogP contribution < -0.4 is 10.1 Å². The minimum Gasteiger partial charge on any atom is -0.496 e. The largest absolute Gasteiger partial charge is 0.496 e. The SMILES string of the molecule is CCNC(C)C(C)c1nc(Cc2ccccc2OC)no1. The molecule has 0 fully saturated rings. The van der Waals surface area contributed by atoms with Gasteiger partial charge in [0.15, 0.2) is 5.82 Å². The molecule has 0 aliphatic carbocycles. The van der Waals surface area contributed by atoms with Crippen LogP contribution >= 0.6 is 0 Å². The van der Waals surface area contributed by atoms with Gasteiger partial charge in [-0.25, -0.2) is 0 Å². The fourth-order valence-corrected chi connectivity index (χ4v) is 2.26. The highest BCUT2D eigenvalue weighted by Gasteiger charge is 2.20. The number of methoxy groups -OCH3 is 1. The second-order valence-corrected chi connectivity index (χ2v) is 5.17. The van der Waals surface area contributed by atoms with Crippen LogP contribution in [0.3, 0.4) is 0 Å². The van der Waals surface area contributed by atoms with Gasteiger partial charge in [-0.15, -0.1) is 0 Å².